The van der Waals surface area contributed by atoms with Gasteiger partial charge in [0.05, 0.1) is 11.1 Å². The summed E-state index contributed by atoms with van der Waals surface area (Å²) in [5.74, 6) is -0.271. The van der Waals surface area contributed by atoms with Crippen LogP contribution in [0.2, 0.25) is 5.02 Å². The van der Waals surface area contributed by atoms with Crippen molar-refractivity contribution in [1.29, 1.82) is 0 Å². The molecule has 1 aliphatic rings. The second-order valence-corrected chi connectivity index (χ2v) is 5.28. The predicted octanol–water partition coefficient (Wildman–Crippen LogP) is 2.85. The zero-order valence-corrected chi connectivity index (χ0v) is 11.2. The van der Waals surface area contributed by atoms with Gasteiger partial charge in [-0.25, -0.2) is 0 Å². The molecule has 2 aromatic rings. The van der Waals surface area contributed by atoms with Crippen molar-refractivity contribution in [1.82, 2.24) is 9.88 Å². The predicted molar refractivity (Wildman–Crippen MR) is 73.7 cm³/mol. The Balaban J connectivity index is 2.13. The summed E-state index contributed by atoms with van der Waals surface area (Å²) in [7, 11) is 0. The maximum Gasteiger partial charge on any atom is 0.253 e. The van der Waals surface area contributed by atoms with Crippen molar-refractivity contribution in [3.63, 3.8) is 0 Å². The van der Waals surface area contributed by atoms with Gasteiger partial charge in [0.1, 0.15) is 0 Å². The summed E-state index contributed by atoms with van der Waals surface area (Å²) in [4.78, 5) is 23.8. The van der Waals surface area contributed by atoms with Gasteiger partial charge < -0.3 is 5.32 Å². The lowest BCUT2D eigenvalue weighted by Crippen LogP contribution is -2.25. The average Bonchev–Trinajstić information content (AvgIpc) is 3.07. The molecule has 4 nitrogen and oxygen atoms in total. The number of amides is 1. The molecule has 1 aromatic heterocycles. The summed E-state index contributed by atoms with van der Waals surface area (Å²) in [6, 6.07) is 5.47. The molecule has 1 fully saturated rings. The van der Waals surface area contributed by atoms with Crippen LogP contribution in [0.5, 0.6) is 0 Å². The smallest absolute Gasteiger partial charge is 0.253 e. The number of nitrogens with zero attached hydrogens (tertiary/aromatic N) is 1. The van der Waals surface area contributed by atoms with E-state index in [-0.39, 0.29) is 17.9 Å². The van der Waals surface area contributed by atoms with Gasteiger partial charge in [-0.2, -0.15) is 0 Å². The molecule has 0 atom stereocenters. The molecule has 0 spiro atoms. The molecule has 0 unspecified atom stereocenters. The Hall–Kier alpha value is -1.81. The fraction of sp³-hybridized carbons (Fsp3) is 0.286. The van der Waals surface area contributed by atoms with Crippen LogP contribution < -0.4 is 5.32 Å². The maximum atomic E-state index is 12.2. The third-order valence-corrected chi connectivity index (χ3v) is 3.50. The molecular formula is C14H13ClN2O2. The van der Waals surface area contributed by atoms with Crippen molar-refractivity contribution in [2.24, 2.45) is 0 Å². The third-order valence-electron chi connectivity index (χ3n) is 3.26. The first-order valence-electron chi connectivity index (χ1n) is 6.18. The zero-order chi connectivity index (χ0) is 13.6. The Morgan fingerprint density at radius 3 is 2.74 bits per heavy atom. The van der Waals surface area contributed by atoms with Crippen molar-refractivity contribution < 1.29 is 9.59 Å². The maximum absolute atomic E-state index is 12.2. The van der Waals surface area contributed by atoms with E-state index in [4.69, 9.17) is 11.6 Å². The number of benzene rings is 1. The lowest BCUT2D eigenvalue weighted by molar-refractivity contribution is 0.0941. The lowest BCUT2D eigenvalue weighted by Gasteiger charge is -2.01. The van der Waals surface area contributed by atoms with Crippen molar-refractivity contribution >= 4 is 34.3 Å². The molecule has 1 heterocycles. The summed E-state index contributed by atoms with van der Waals surface area (Å²) in [5.41, 5.74) is 1.21. The van der Waals surface area contributed by atoms with Crippen molar-refractivity contribution in [2.45, 2.75) is 25.8 Å². The standard InChI is InChI=1S/C14H13ClN2O2/c1-8(18)17-7-12(14(19)16-10-3-4-10)11-6-9(15)2-5-13(11)17/h2,5-7,10H,3-4H2,1H3,(H,16,19). The average molecular weight is 277 g/mol. The minimum atomic E-state index is -0.144. The molecule has 0 bridgehead atoms. The first kappa shape index (κ1) is 12.2. The van der Waals surface area contributed by atoms with E-state index >= 15 is 0 Å². The minimum absolute atomic E-state index is 0.127. The quantitative estimate of drug-likeness (QED) is 0.917. The molecule has 5 heteroatoms. The van der Waals surface area contributed by atoms with E-state index in [0.717, 1.165) is 12.8 Å². The Morgan fingerprint density at radius 1 is 1.37 bits per heavy atom. The normalized spacial score (nSPS) is 14.6. The van der Waals surface area contributed by atoms with Gasteiger partial charge in [-0.05, 0) is 31.0 Å². The lowest BCUT2D eigenvalue weighted by atomic mass is 10.1. The van der Waals surface area contributed by atoms with E-state index in [1.165, 1.54) is 11.5 Å². The van der Waals surface area contributed by atoms with E-state index in [9.17, 15) is 9.59 Å². The number of nitrogens with one attached hydrogen (secondary N) is 1. The first-order chi connectivity index (χ1) is 9.06. The van der Waals surface area contributed by atoms with Crippen LogP contribution >= 0.6 is 11.6 Å². The molecule has 1 amide bonds. The molecule has 1 N–H and O–H groups in total. The van der Waals surface area contributed by atoms with Gasteiger partial charge in [0.15, 0.2) is 0 Å². The summed E-state index contributed by atoms with van der Waals surface area (Å²) < 4.78 is 1.48. The van der Waals surface area contributed by atoms with E-state index < -0.39 is 0 Å². The van der Waals surface area contributed by atoms with Gasteiger partial charge in [-0.1, -0.05) is 11.6 Å². The molecule has 98 valence electrons. The zero-order valence-electron chi connectivity index (χ0n) is 10.4. The number of aromatic nitrogens is 1. The Kier molecular flexibility index (Phi) is 2.82. The summed E-state index contributed by atoms with van der Waals surface area (Å²) >= 11 is 5.98. The van der Waals surface area contributed by atoms with E-state index in [0.29, 0.717) is 21.5 Å². The molecule has 0 radical (unpaired) electrons. The van der Waals surface area contributed by atoms with Crippen LogP contribution in [0.15, 0.2) is 24.4 Å². The molecule has 1 aromatic carbocycles. The molecular weight excluding hydrogens is 264 g/mol. The monoisotopic (exact) mass is 276 g/mol. The van der Waals surface area contributed by atoms with Crippen molar-refractivity contribution in [2.75, 3.05) is 0 Å². The van der Waals surface area contributed by atoms with Crippen LogP contribution in [0.4, 0.5) is 0 Å². The van der Waals surface area contributed by atoms with Gasteiger partial charge in [0.25, 0.3) is 5.91 Å². The van der Waals surface area contributed by atoms with Crippen LogP contribution in [0.1, 0.15) is 34.9 Å². The first-order valence-corrected chi connectivity index (χ1v) is 6.56. The highest BCUT2D eigenvalue weighted by atomic mass is 35.5. The number of fused-ring (bicyclic) bond motifs is 1. The van der Waals surface area contributed by atoms with Crippen molar-refractivity contribution in [3.05, 3.63) is 35.0 Å². The molecule has 1 saturated carbocycles. The van der Waals surface area contributed by atoms with Crippen LogP contribution in [-0.4, -0.2) is 22.4 Å². The van der Waals surface area contributed by atoms with E-state index in [1.807, 2.05) is 0 Å². The van der Waals surface area contributed by atoms with Crippen molar-refractivity contribution in [3.8, 4) is 0 Å². The second kappa shape index (κ2) is 4.38. The Labute approximate surface area is 115 Å². The highest BCUT2D eigenvalue weighted by Crippen LogP contribution is 2.26. The Morgan fingerprint density at radius 2 is 2.11 bits per heavy atom. The molecule has 19 heavy (non-hydrogen) atoms. The molecule has 0 saturated heterocycles. The van der Waals surface area contributed by atoms with Gasteiger partial charge in [-0.15, -0.1) is 0 Å². The number of hydrogen-bond donors (Lipinski definition) is 1. The van der Waals surface area contributed by atoms with Gasteiger partial charge in [0.2, 0.25) is 5.91 Å². The number of rotatable bonds is 2. The third kappa shape index (κ3) is 2.24. The molecule has 3 rings (SSSR count). The highest BCUT2D eigenvalue weighted by molar-refractivity contribution is 6.31. The van der Waals surface area contributed by atoms with Crippen LogP contribution in [0.25, 0.3) is 10.9 Å². The summed E-state index contributed by atoms with van der Waals surface area (Å²) in [6.45, 7) is 1.47. The van der Waals surface area contributed by atoms with Gasteiger partial charge >= 0.3 is 0 Å². The second-order valence-electron chi connectivity index (χ2n) is 4.84. The Bertz CT molecular complexity index is 686. The summed E-state index contributed by atoms with van der Waals surface area (Å²) in [6.07, 6.45) is 3.64. The van der Waals surface area contributed by atoms with Gasteiger partial charge in [0, 0.05) is 29.6 Å². The highest BCUT2D eigenvalue weighted by Gasteiger charge is 2.25. The van der Waals surface area contributed by atoms with Crippen LogP contribution in [-0.2, 0) is 0 Å². The summed E-state index contributed by atoms with van der Waals surface area (Å²) in [5, 5.41) is 4.19. The number of carbonyl (C=O) groups excluding carboxylic acids is 2. The number of halogens is 1. The largest absolute Gasteiger partial charge is 0.349 e. The molecule has 1 aliphatic carbocycles. The van der Waals surface area contributed by atoms with Gasteiger partial charge in [-0.3, -0.25) is 14.2 Å². The fourth-order valence-electron chi connectivity index (χ4n) is 2.13. The number of hydrogen-bond acceptors (Lipinski definition) is 2. The van der Waals surface area contributed by atoms with Crippen LogP contribution in [0, 0.1) is 0 Å². The minimum Gasteiger partial charge on any atom is -0.349 e. The number of carbonyl (C=O) groups is 2. The fourth-order valence-corrected chi connectivity index (χ4v) is 2.31. The molecule has 0 aliphatic heterocycles. The van der Waals surface area contributed by atoms with Crippen LogP contribution in [0.3, 0.4) is 0 Å². The SMILES string of the molecule is CC(=O)n1cc(C(=O)NC2CC2)c2cc(Cl)ccc21. The van der Waals surface area contributed by atoms with E-state index in [1.54, 1.807) is 24.4 Å². The van der Waals surface area contributed by atoms with E-state index in [2.05, 4.69) is 5.32 Å². The topological polar surface area (TPSA) is 51.1 Å².